The van der Waals surface area contributed by atoms with E-state index in [9.17, 15) is 4.79 Å². The molecule has 5 rings (SSSR count). The first kappa shape index (κ1) is 24.3. The average Bonchev–Trinajstić information content (AvgIpc) is 3.59. The predicted molar refractivity (Wildman–Crippen MR) is 139 cm³/mol. The molecule has 2 saturated heterocycles. The summed E-state index contributed by atoms with van der Waals surface area (Å²) in [6, 6.07) is 16.9. The molecule has 0 saturated carbocycles. The molecule has 0 spiro atoms. The standard InChI is InChI=1S/C28H35N5O3/c1-20-3-5-21(6-4-20)18-32-14-11-22(19-32)17-29-27(34)24-12-15-33(16-13-24)28-30-26(31-36-28)23-7-9-25(35-2)10-8-23/h3-10,22,24H,11-19H2,1-2H3,(H,29,34)/t22-/m1/s1. The van der Waals surface area contributed by atoms with Gasteiger partial charge in [0.25, 0.3) is 0 Å². The molecule has 1 aromatic heterocycles. The summed E-state index contributed by atoms with van der Waals surface area (Å²) in [7, 11) is 1.64. The van der Waals surface area contributed by atoms with E-state index >= 15 is 0 Å². The number of carbonyl (C=O) groups excluding carboxylic acids is 1. The van der Waals surface area contributed by atoms with Gasteiger partial charge in [-0.25, -0.2) is 0 Å². The quantitative estimate of drug-likeness (QED) is 0.514. The lowest BCUT2D eigenvalue weighted by Crippen LogP contribution is -2.42. The number of aromatic nitrogens is 2. The largest absolute Gasteiger partial charge is 0.497 e. The zero-order valence-corrected chi connectivity index (χ0v) is 21.2. The van der Waals surface area contributed by atoms with Crippen molar-refractivity contribution in [2.75, 3.05) is 44.7 Å². The fraction of sp³-hybridized carbons (Fsp3) is 0.464. The van der Waals surface area contributed by atoms with Crippen LogP contribution in [0.1, 0.15) is 30.4 Å². The molecule has 1 amide bonds. The van der Waals surface area contributed by atoms with Gasteiger partial charge >= 0.3 is 6.01 Å². The number of aryl methyl sites for hydroxylation is 1. The number of hydrogen-bond donors (Lipinski definition) is 1. The van der Waals surface area contributed by atoms with Crippen LogP contribution >= 0.6 is 0 Å². The highest BCUT2D eigenvalue weighted by atomic mass is 16.5. The Morgan fingerprint density at radius 3 is 2.53 bits per heavy atom. The van der Waals surface area contributed by atoms with Crippen LogP contribution in [-0.2, 0) is 11.3 Å². The first-order valence-corrected chi connectivity index (χ1v) is 12.9. The molecule has 0 bridgehead atoms. The normalized spacial score (nSPS) is 18.9. The summed E-state index contributed by atoms with van der Waals surface area (Å²) in [5, 5.41) is 7.36. The van der Waals surface area contributed by atoms with Crippen LogP contribution in [0.3, 0.4) is 0 Å². The van der Waals surface area contributed by atoms with E-state index in [-0.39, 0.29) is 11.8 Å². The fourth-order valence-electron chi connectivity index (χ4n) is 5.10. The van der Waals surface area contributed by atoms with Gasteiger partial charge in [0.2, 0.25) is 11.7 Å². The molecule has 2 aliphatic rings. The Morgan fingerprint density at radius 1 is 1.06 bits per heavy atom. The van der Waals surface area contributed by atoms with E-state index in [0.717, 1.165) is 69.8 Å². The molecule has 0 aliphatic carbocycles. The third kappa shape index (κ3) is 5.87. The van der Waals surface area contributed by atoms with Gasteiger partial charge in [-0.05, 0) is 68.5 Å². The Balaban J connectivity index is 1.04. The van der Waals surface area contributed by atoms with Crippen LogP contribution in [0, 0.1) is 18.8 Å². The second-order valence-corrected chi connectivity index (χ2v) is 10.0. The maximum atomic E-state index is 12.8. The average molecular weight is 490 g/mol. The van der Waals surface area contributed by atoms with Gasteiger partial charge in [-0.2, -0.15) is 4.98 Å². The molecule has 8 heteroatoms. The van der Waals surface area contributed by atoms with Crippen LogP contribution in [0.2, 0.25) is 0 Å². The first-order valence-electron chi connectivity index (χ1n) is 12.9. The molecular formula is C28H35N5O3. The van der Waals surface area contributed by atoms with Crippen LogP contribution in [0.25, 0.3) is 11.4 Å². The van der Waals surface area contributed by atoms with Crippen molar-refractivity contribution in [2.24, 2.45) is 11.8 Å². The lowest BCUT2D eigenvalue weighted by molar-refractivity contribution is -0.125. The summed E-state index contributed by atoms with van der Waals surface area (Å²) in [6.07, 6.45) is 2.71. The minimum absolute atomic E-state index is 0.0373. The van der Waals surface area contributed by atoms with E-state index in [1.165, 1.54) is 11.1 Å². The number of ether oxygens (including phenoxy) is 1. The maximum absolute atomic E-state index is 12.8. The van der Waals surface area contributed by atoms with Crippen molar-refractivity contribution in [2.45, 2.75) is 32.7 Å². The van der Waals surface area contributed by atoms with Gasteiger partial charge in [0.05, 0.1) is 7.11 Å². The number of piperidine rings is 1. The number of rotatable bonds is 8. The van der Waals surface area contributed by atoms with E-state index in [4.69, 9.17) is 9.26 Å². The smallest absolute Gasteiger partial charge is 0.324 e. The lowest BCUT2D eigenvalue weighted by atomic mass is 9.96. The lowest BCUT2D eigenvalue weighted by Gasteiger charge is -2.30. The highest BCUT2D eigenvalue weighted by molar-refractivity contribution is 5.79. The van der Waals surface area contributed by atoms with Crippen molar-refractivity contribution in [3.8, 4) is 17.1 Å². The Morgan fingerprint density at radius 2 is 1.81 bits per heavy atom. The Labute approximate surface area is 212 Å². The topological polar surface area (TPSA) is 83.7 Å². The number of carbonyl (C=O) groups is 1. The zero-order chi connectivity index (χ0) is 24.9. The monoisotopic (exact) mass is 489 g/mol. The minimum atomic E-state index is 0.0373. The number of nitrogens with zero attached hydrogens (tertiary/aromatic N) is 4. The number of nitrogens with one attached hydrogen (secondary N) is 1. The number of likely N-dealkylation sites (tertiary alicyclic amines) is 1. The van der Waals surface area contributed by atoms with Crippen LogP contribution in [-0.4, -0.2) is 60.8 Å². The maximum Gasteiger partial charge on any atom is 0.324 e. The van der Waals surface area contributed by atoms with Gasteiger partial charge in [-0.15, -0.1) is 0 Å². The van der Waals surface area contributed by atoms with Crippen LogP contribution in [0.4, 0.5) is 6.01 Å². The summed E-state index contributed by atoms with van der Waals surface area (Å²) >= 11 is 0. The molecule has 2 aromatic carbocycles. The molecule has 1 atom stereocenters. The summed E-state index contributed by atoms with van der Waals surface area (Å²) in [5.74, 6) is 2.08. The Hall–Kier alpha value is -3.39. The minimum Gasteiger partial charge on any atom is -0.497 e. The highest BCUT2D eigenvalue weighted by Gasteiger charge is 2.29. The molecule has 2 aliphatic heterocycles. The summed E-state index contributed by atoms with van der Waals surface area (Å²) in [4.78, 5) is 22.0. The molecule has 3 heterocycles. The highest BCUT2D eigenvalue weighted by Crippen LogP contribution is 2.26. The van der Waals surface area contributed by atoms with Crippen LogP contribution < -0.4 is 15.0 Å². The molecule has 0 radical (unpaired) electrons. The van der Waals surface area contributed by atoms with Gasteiger partial charge in [-0.3, -0.25) is 9.69 Å². The molecule has 0 unspecified atom stereocenters. The molecule has 1 N–H and O–H groups in total. The Bertz CT molecular complexity index is 1140. The van der Waals surface area contributed by atoms with Gasteiger partial charge in [-0.1, -0.05) is 35.0 Å². The molecular weight excluding hydrogens is 454 g/mol. The Kier molecular flexibility index (Phi) is 7.51. The van der Waals surface area contributed by atoms with Crippen molar-refractivity contribution < 1.29 is 14.1 Å². The molecule has 36 heavy (non-hydrogen) atoms. The van der Waals surface area contributed by atoms with Crippen molar-refractivity contribution in [3.05, 3.63) is 59.7 Å². The zero-order valence-electron chi connectivity index (χ0n) is 21.2. The van der Waals surface area contributed by atoms with Gasteiger partial charge < -0.3 is 19.5 Å². The predicted octanol–water partition coefficient (Wildman–Crippen LogP) is 3.91. The fourth-order valence-corrected chi connectivity index (χ4v) is 5.10. The van der Waals surface area contributed by atoms with E-state index in [1.54, 1.807) is 7.11 Å². The number of amides is 1. The summed E-state index contributed by atoms with van der Waals surface area (Å²) in [5.41, 5.74) is 3.53. The van der Waals surface area contributed by atoms with Crippen molar-refractivity contribution in [1.82, 2.24) is 20.4 Å². The van der Waals surface area contributed by atoms with Gasteiger partial charge in [0.1, 0.15) is 5.75 Å². The first-order chi connectivity index (χ1) is 17.6. The van der Waals surface area contributed by atoms with E-state index < -0.39 is 0 Å². The molecule has 2 fully saturated rings. The van der Waals surface area contributed by atoms with E-state index in [2.05, 4.69) is 56.4 Å². The second-order valence-electron chi connectivity index (χ2n) is 10.0. The third-order valence-electron chi connectivity index (χ3n) is 7.36. The second kappa shape index (κ2) is 11.1. The number of benzene rings is 2. The SMILES string of the molecule is COc1ccc(-c2noc(N3CCC(C(=O)NC[C@H]4CCN(Cc5ccc(C)cc5)C4)CC3)n2)cc1. The van der Waals surface area contributed by atoms with Crippen molar-refractivity contribution >= 4 is 11.9 Å². The molecule has 190 valence electrons. The van der Waals surface area contributed by atoms with Crippen LogP contribution in [0.5, 0.6) is 5.75 Å². The number of methoxy groups -OCH3 is 1. The summed E-state index contributed by atoms with van der Waals surface area (Å²) in [6.45, 7) is 7.46. The number of anilines is 1. The summed E-state index contributed by atoms with van der Waals surface area (Å²) < 4.78 is 10.7. The molecule has 8 nitrogen and oxygen atoms in total. The molecule has 3 aromatic rings. The van der Waals surface area contributed by atoms with E-state index in [1.807, 2.05) is 24.3 Å². The van der Waals surface area contributed by atoms with Gasteiger partial charge in [0.15, 0.2) is 0 Å². The third-order valence-corrected chi connectivity index (χ3v) is 7.36. The van der Waals surface area contributed by atoms with E-state index in [0.29, 0.717) is 17.8 Å². The van der Waals surface area contributed by atoms with Gasteiger partial charge in [0, 0.05) is 44.2 Å². The van der Waals surface area contributed by atoms with Crippen molar-refractivity contribution in [3.63, 3.8) is 0 Å². The van der Waals surface area contributed by atoms with Crippen molar-refractivity contribution in [1.29, 1.82) is 0 Å². The van der Waals surface area contributed by atoms with Crippen LogP contribution in [0.15, 0.2) is 53.1 Å². The number of hydrogen-bond acceptors (Lipinski definition) is 7.